The van der Waals surface area contributed by atoms with Crippen LogP contribution < -0.4 is 10.6 Å². The van der Waals surface area contributed by atoms with E-state index in [1.165, 1.54) is 23.9 Å². The number of aromatic nitrogens is 2. The Kier molecular flexibility index (Phi) is 4.57. The quantitative estimate of drug-likeness (QED) is 0.647. The predicted octanol–water partition coefficient (Wildman–Crippen LogP) is 3.51. The van der Waals surface area contributed by atoms with E-state index in [1.807, 2.05) is 13.2 Å². The van der Waals surface area contributed by atoms with Crippen molar-refractivity contribution in [2.24, 2.45) is 0 Å². The van der Waals surface area contributed by atoms with Crippen LogP contribution in [0, 0.1) is 5.82 Å². The van der Waals surface area contributed by atoms with E-state index in [2.05, 4.69) is 20.6 Å². The van der Waals surface area contributed by atoms with Gasteiger partial charge in [-0.3, -0.25) is 0 Å². The van der Waals surface area contributed by atoms with Crippen molar-refractivity contribution in [1.82, 2.24) is 9.97 Å². The van der Waals surface area contributed by atoms with E-state index in [0.717, 1.165) is 12.4 Å². The van der Waals surface area contributed by atoms with Crippen LogP contribution in [0.5, 0.6) is 0 Å². The van der Waals surface area contributed by atoms with E-state index in [4.69, 9.17) is 0 Å². The molecule has 2 rings (SSSR count). The van der Waals surface area contributed by atoms with Crippen molar-refractivity contribution < 1.29 is 4.39 Å². The number of anilines is 3. The third-order valence-corrected chi connectivity index (χ3v) is 2.89. The van der Waals surface area contributed by atoms with Gasteiger partial charge in [0.05, 0.1) is 0 Å². The Hall–Kier alpha value is -1.82. The highest BCUT2D eigenvalue weighted by Gasteiger charge is 2.04. The van der Waals surface area contributed by atoms with Gasteiger partial charge in [-0.2, -0.15) is 0 Å². The van der Waals surface area contributed by atoms with Crippen LogP contribution in [0.3, 0.4) is 0 Å². The van der Waals surface area contributed by atoms with Gasteiger partial charge in [-0.25, -0.2) is 14.4 Å². The zero-order valence-electron chi connectivity index (χ0n) is 10.8. The van der Waals surface area contributed by atoms with Crippen molar-refractivity contribution >= 4 is 29.1 Å². The fraction of sp³-hybridized carbons (Fsp3) is 0.231. The van der Waals surface area contributed by atoms with Crippen molar-refractivity contribution in [1.29, 1.82) is 0 Å². The summed E-state index contributed by atoms with van der Waals surface area (Å²) in [5, 5.41) is 6.88. The molecule has 0 aliphatic rings. The van der Waals surface area contributed by atoms with Crippen LogP contribution in [0.4, 0.5) is 21.7 Å². The van der Waals surface area contributed by atoms with E-state index in [9.17, 15) is 4.39 Å². The Morgan fingerprint density at radius 3 is 2.68 bits per heavy atom. The molecule has 2 N–H and O–H groups in total. The average molecular weight is 278 g/mol. The number of hydrogen-bond acceptors (Lipinski definition) is 5. The third-order valence-electron chi connectivity index (χ3n) is 2.34. The highest BCUT2D eigenvalue weighted by molar-refractivity contribution is 7.98. The van der Waals surface area contributed by atoms with Gasteiger partial charge < -0.3 is 10.6 Å². The Bertz CT molecular complexity index is 562. The molecule has 0 bridgehead atoms. The van der Waals surface area contributed by atoms with Crippen LogP contribution in [0.15, 0.2) is 35.5 Å². The van der Waals surface area contributed by atoms with Gasteiger partial charge in [0.15, 0.2) is 5.16 Å². The third kappa shape index (κ3) is 3.82. The smallest absolute Gasteiger partial charge is 0.191 e. The standard InChI is InChI=1S/C13H15FN4S/c1-3-15-11-8-12(18-13(17-11)19-2)16-10-6-4-5-9(14)7-10/h4-8H,3H2,1-2H3,(H2,15,16,17,18). The molecule has 1 aromatic carbocycles. The zero-order chi connectivity index (χ0) is 13.7. The molecule has 6 heteroatoms. The Balaban J connectivity index is 2.26. The Labute approximate surface area is 115 Å². The first-order chi connectivity index (χ1) is 9.21. The molecule has 0 aliphatic carbocycles. The largest absolute Gasteiger partial charge is 0.370 e. The Morgan fingerprint density at radius 2 is 2.00 bits per heavy atom. The summed E-state index contributed by atoms with van der Waals surface area (Å²) in [6.45, 7) is 2.78. The van der Waals surface area contributed by atoms with E-state index >= 15 is 0 Å². The van der Waals surface area contributed by atoms with Crippen LogP contribution in [-0.4, -0.2) is 22.8 Å². The van der Waals surface area contributed by atoms with Crippen molar-refractivity contribution in [2.45, 2.75) is 12.1 Å². The van der Waals surface area contributed by atoms with Gasteiger partial charge in [-0.05, 0) is 31.4 Å². The topological polar surface area (TPSA) is 49.8 Å². The van der Waals surface area contributed by atoms with E-state index in [0.29, 0.717) is 16.7 Å². The lowest BCUT2D eigenvalue weighted by atomic mass is 10.3. The van der Waals surface area contributed by atoms with Gasteiger partial charge in [0.1, 0.15) is 17.5 Å². The lowest BCUT2D eigenvalue weighted by Crippen LogP contribution is -2.03. The van der Waals surface area contributed by atoms with Crippen LogP contribution in [0.25, 0.3) is 0 Å². The summed E-state index contributed by atoms with van der Waals surface area (Å²) in [7, 11) is 0. The van der Waals surface area contributed by atoms with E-state index < -0.39 is 0 Å². The van der Waals surface area contributed by atoms with Crippen LogP contribution in [0.1, 0.15) is 6.92 Å². The number of nitrogens with one attached hydrogen (secondary N) is 2. The maximum absolute atomic E-state index is 13.1. The maximum atomic E-state index is 13.1. The number of thioether (sulfide) groups is 1. The second-order valence-corrected chi connectivity index (χ2v) is 4.56. The van der Waals surface area contributed by atoms with Gasteiger partial charge >= 0.3 is 0 Å². The summed E-state index contributed by atoms with van der Waals surface area (Å²) in [4.78, 5) is 8.66. The van der Waals surface area contributed by atoms with Crippen molar-refractivity contribution in [3.05, 3.63) is 36.1 Å². The lowest BCUT2D eigenvalue weighted by Gasteiger charge is -2.09. The first-order valence-corrected chi connectivity index (χ1v) is 7.13. The fourth-order valence-corrected chi connectivity index (χ4v) is 1.95. The van der Waals surface area contributed by atoms with Crippen LogP contribution in [0.2, 0.25) is 0 Å². The first kappa shape index (κ1) is 13.6. The fourth-order valence-electron chi connectivity index (χ4n) is 1.57. The molecule has 0 spiro atoms. The molecule has 0 fully saturated rings. The second-order valence-electron chi connectivity index (χ2n) is 3.79. The normalized spacial score (nSPS) is 10.3. The monoisotopic (exact) mass is 278 g/mol. The molecule has 0 unspecified atom stereocenters. The highest BCUT2D eigenvalue weighted by atomic mass is 32.2. The summed E-state index contributed by atoms with van der Waals surface area (Å²) in [5.41, 5.74) is 0.660. The molecule has 0 aliphatic heterocycles. The molecule has 0 amide bonds. The SMILES string of the molecule is CCNc1cc(Nc2cccc(F)c2)nc(SC)n1. The summed E-state index contributed by atoms with van der Waals surface area (Å²) < 4.78 is 13.1. The summed E-state index contributed by atoms with van der Waals surface area (Å²) >= 11 is 1.46. The Morgan fingerprint density at radius 1 is 1.21 bits per heavy atom. The minimum atomic E-state index is -0.281. The number of benzene rings is 1. The molecule has 4 nitrogen and oxygen atoms in total. The molecule has 0 atom stereocenters. The minimum absolute atomic E-state index is 0.281. The predicted molar refractivity (Wildman–Crippen MR) is 77.7 cm³/mol. The van der Waals surface area contributed by atoms with E-state index in [-0.39, 0.29) is 5.82 Å². The molecular formula is C13H15FN4S. The number of nitrogens with zero attached hydrogens (tertiary/aromatic N) is 2. The van der Waals surface area contributed by atoms with Crippen LogP contribution in [-0.2, 0) is 0 Å². The molecule has 19 heavy (non-hydrogen) atoms. The second kappa shape index (κ2) is 6.38. The van der Waals surface area contributed by atoms with Gasteiger partial charge in [0, 0.05) is 18.3 Å². The number of hydrogen-bond donors (Lipinski definition) is 2. The molecule has 1 heterocycles. The summed E-state index contributed by atoms with van der Waals surface area (Å²) in [6.07, 6.45) is 1.91. The average Bonchev–Trinajstić information content (AvgIpc) is 2.39. The molecule has 100 valence electrons. The molecule has 0 saturated heterocycles. The minimum Gasteiger partial charge on any atom is -0.370 e. The van der Waals surface area contributed by atoms with Gasteiger partial charge in [0.2, 0.25) is 0 Å². The van der Waals surface area contributed by atoms with Crippen molar-refractivity contribution in [3.63, 3.8) is 0 Å². The lowest BCUT2D eigenvalue weighted by molar-refractivity contribution is 0.628. The molecule has 0 radical (unpaired) electrons. The number of rotatable bonds is 5. The number of halogens is 1. The maximum Gasteiger partial charge on any atom is 0.191 e. The zero-order valence-corrected chi connectivity index (χ0v) is 11.6. The van der Waals surface area contributed by atoms with Crippen LogP contribution >= 0.6 is 11.8 Å². The molecule has 2 aromatic rings. The van der Waals surface area contributed by atoms with Crippen molar-refractivity contribution in [3.8, 4) is 0 Å². The first-order valence-electron chi connectivity index (χ1n) is 5.91. The molecule has 1 aromatic heterocycles. The highest BCUT2D eigenvalue weighted by Crippen LogP contribution is 2.21. The molecular weight excluding hydrogens is 263 g/mol. The van der Waals surface area contributed by atoms with E-state index in [1.54, 1.807) is 18.2 Å². The summed E-state index contributed by atoms with van der Waals surface area (Å²) in [6, 6.07) is 8.07. The van der Waals surface area contributed by atoms with Gasteiger partial charge in [-0.15, -0.1) is 0 Å². The van der Waals surface area contributed by atoms with Gasteiger partial charge in [0.25, 0.3) is 0 Å². The molecule has 0 saturated carbocycles. The summed E-state index contributed by atoms with van der Waals surface area (Å²) in [5.74, 6) is 1.11. The van der Waals surface area contributed by atoms with Crippen molar-refractivity contribution in [2.75, 3.05) is 23.4 Å². The van der Waals surface area contributed by atoms with Gasteiger partial charge in [-0.1, -0.05) is 17.8 Å².